The molecule has 0 spiro atoms. The number of hydrogen-bond donors (Lipinski definition) is 2. The first-order valence-corrected chi connectivity index (χ1v) is 11.2. The Kier molecular flexibility index (Phi) is 5.56. The van der Waals surface area contributed by atoms with Crippen LogP contribution in [0.3, 0.4) is 0 Å². The van der Waals surface area contributed by atoms with Gasteiger partial charge in [0.05, 0.1) is 16.8 Å². The highest BCUT2D eigenvalue weighted by atomic mass is 16.6. The number of hydrogen-bond acceptors (Lipinski definition) is 6. The van der Waals surface area contributed by atoms with Crippen LogP contribution in [0.15, 0.2) is 61.3 Å². The van der Waals surface area contributed by atoms with Crippen molar-refractivity contribution < 1.29 is 19.3 Å². The van der Waals surface area contributed by atoms with Crippen LogP contribution < -0.4 is 10.2 Å². The molecule has 0 radical (unpaired) electrons. The minimum absolute atomic E-state index is 0.142. The second-order valence-electron chi connectivity index (χ2n) is 8.62. The Hall–Kier alpha value is -4.47. The summed E-state index contributed by atoms with van der Waals surface area (Å²) in [5, 5.41) is 15.1. The predicted molar refractivity (Wildman–Crippen MR) is 129 cm³/mol. The van der Waals surface area contributed by atoms with Crippen LogP contribution >= 0.6 is 0 Å². The van der Waals surface area contributed by atoms with E-state index in [1.807, 2.05) is 29.2 Å². The van der Waals surface area contributed by atoms with Crippen LogP contribution in [0.2, 0.25) is 0 Å². The molecular weight excluding hydrogens is 450 g/mol. The molecule has 0 bridgehead atoms. The number of aromatic amines is 1. The maximum Gasteiger partial charge on any atom is 0.273 e. The van der Waals surface area contributed by atoms with Crippen molar-refractivity contribution in [2.45, 2.75) is 11.8 Å². The summed E-state index contributed by atoms with van der Waals surface area (Å²) in [5.41, 5.74) is 2.10. The molecule has 3 heterocycles. The largest absolute Gasteiger partial charge is 0.368 e. The van der Waals surface area contributed by atoms with Crippen LogP contribution in [0.25, 0.3) is 10.9 Å². The van der Waals surface area contributed by atoms with Gasteiger partial charge in [-0.15, -0.1) is 0 Å². The number of nitro benzene ring substituents is 1. The molecule has 2 saturated heterocycles. The summed E-state index contributed by atoms with van der Waals surface area (Å²) < 4.78 is 0. The maximum atomic E-state index is 13.0. The molecular formula is C25H23N5O5. The molecule has 10 heteroatoms. The Labute approximate surface area is 200 Å². The van der Waals surface area contributed by atoms with Crippen molar-refractivity contribution in [3.05, 3.63) is 82.6 Å². The van der Waals surface area contributed by atoms with Gasteiger partial charge in [-0.3, -0.25) is 29.8 Å². The number of carbonyl (C=O) groups is 3. The molecule has 2 N–H and O–H groups in total. The summed E-state index contributed by atoms with van der Waals surface area (Å²) in [4.78, 5) is 56.1. The van der Waals surface area contributed by atoms with E-state index in [9.17, 15) is 24.5 Å². The maximum absolute atomic E-state index is 13.0. The van der Waals surface area contributed by atoms with Gasteiger partial charge in [-0.25, -0.2) is 0 Å². The molecule has 0 saturated carbocycles. The fourth-order valence-electron chi connectivity index (χ4n) is 5.04. The van der Waals surface area contributed by atoms with Crippen molar-refractivity contribution in [2.75, 3.05) is 31.1 Å². The van der Waals surface area contributed by atoms with Crippen LogP contribution in [0.5, 0.6) is 0 Å². The number of benzene rings is 2. The Morgan fingerprint density at radius 3 is 2.40 bits per heavy atom. The number of aromatic nitrogens is 1. The Balaban J connectivity index is 1.55. The first kappa shape index (κ1) is 22.3. The minimum Gasteiger partial charge on any atom is -0.368 e. The summed E-state index contributed by atoms with van der Waals surface area (Å²) in [6.07, 6.45) is 2.96. The third-order valence-corrected chi connectivity index (χ3v) is 6.77. The Bertz CT molecular complexity index is 1370. The molecule has 1 aromatic heterocycles. The first-order chi connectivity index (χ1) is 16.9. The van der Waals surface area contributed by atoms with Gasteiger partial charge in [0.1, 0.15) is 0 Å². The second kappa shape index (κ2) is 8.71. The third kappa shape index (κ3) is 3.82. The predicted octanol–water partition coefficient (Wildman–Crippen LogP) is 2.43. The number of imide groups is 1. The van der Waals surface area contributed by atoms with Crippen molar-refractivity contribution in [1.82, 2.24) is 15.2 Å². The molecule has 2 atom stereocenters. The molecule has 5 rings (SSSR count). The summed E-state index contributed by atoms with van der Waals surface area (Å²) in [7, 11) is 0. The van der Waals surface area contributed by atoms with Gasteiger partial charge in [0.25, 0.3) is 5.69 Å². The highest BCUT2D eigenvalue weighted by molar-refractivity contribution is 6.12. The molecule has 178 valence electrons. The summed E-state index contributed by atoms with van der Waals surface area (Å²) in [6.45, 7) is 5.54. The normalized spacial score (nSPS) is 20.2. The molecule has 2 fully saturated rings. The van der Waals surface area contributed by atoms with E-state index in [1.54, 1.807) is 23.2 Å². The Morgan fingerprint density at radius 2 is 1.71 bits per heavy atom. The van der Waals surface area contributed by atoms with Crippen LogP contribution in [-0.4, -0.2) is 58.7 Å². The molecule has 2 unspecified atom stereocenters. The van der Waals surface area contributed by atoms with E-state index in [0.717, 1.165) is 10.9 Å². The van der Waals surface area contributed by atoms with Crippen LogP contribution in [-0.2, 0) is 14.4 Å². The van der Waals surface area contributed by atoms with Gasteiger partial charge in [-0.2, -0.15) is 0 Å². The van der Waals surface area contributed by atoms with Gasteiger partial charge >= 0.3 is 0 Å². The highest BCUT2D eigenvalue weighted by Crippen LogP contribution is 2.44. The van der Waals surface area contributed by atoms with E-state index in [0.29, 0.717) is 37.4 Å². The zero-order valence-electron chi connectivity index (χ0n) is 18.8. The van der Waals surface area contributed by atoms with Gasteiger partial charge in [0.2, 0.25) is 17.7 Å². The lowest BCUT2D eigenvalue weighted by atomic mass is 9.82. The molecule has 3 aromatic rings. The summed E-state index contributed by atoms with van der Waals surface area (Å²) in [5.74, 6) is -3.15. The number of rotatable bonds is 5. The van der Waals surface area contributed by atoms with Gasteiger partial charge in [0.15, 0.2) is 0 Å². The quantitative estimate of drug-likeness (QED) is 0.253. The third-order valence-electron chi connectivity index (χ3n) is 6.77. The fraction of sp³-hybridized carbons (Fsp3) is 0.240. The average Bonchev–Trinajstić information content (AvgIpc) is 3.42. The van der Waals surface area contributed by atoms with Gasteiger partial charge in [-0.1, -0.05) is 24.8 Å². The zero-order valence-corrected chi connectivity index (χ0v) is 18.8. The lowest BCUT2D eigenvalue weighted by Gasteiger charge is -2.36. The Morgan fingerprint density at radius 1 is 1.03 bits per heavy atom. The summed E-state index contributed by atoms with van der Waals surface area (Å²) >= 11 is 0. The van der Waals surface area contributed by atoms with Gasteiger partial charge in [-0.05, 0) is 29.8 Å². The standard InChI is InChI=1S/C25H23N5O5/c1-2-21(31)29-11-9-28(10-12-29)15-7-8-20(30(34)35)17(13-15)22-23(25(33)27-24(22)32)18-14-26-19-6-4-3-5-16(18)19/h2-8,13-14,22-23,26H,1,9-12H2,(H,27,32,33). The lowest BCUT2D eigenvalue weighted by Crippen LogP contribution is -2.48. The van der Waals surface area contributed by atoms with E-state index in [2.05, 4.69) is 16.9 Å². The van der Waals surface area contributed by atoms with Crippen molar-refractivity contribution in [2.24, 2.45) is 0 Å². The topological polar surface area (TPSA) is 129 Å². The SMILES string of the molecule is C=CC(=O)N1CCN(c2ccc([N+](=O)[O-])c(C3C(=O)NC(=O)C3c3c[nH]c4ccccc34)c2)CC1. The number of fused-ring (bicyclic) bond motifs is 1. The first-order valence-electron chi connectivity index (χ1n) is 11.2. The highest BCUT2D eigenvalue weighted by Gasteiger charge is 2.47. The van der Waals surface area contributed by atoms with E-state index in [-0.39, 0.29) is 17.2 Å². The van der Waals surface area contributed by atoms with Crippen molar-refractivity contribution >= 4 is 40.0 Å². The number of carbonyl (C=O) groups excluding carboxylic acids is 3. The molecule has 2 aromatic carbocycles. The number of nitrogens with one attached hydrogen (secondary N) is 2. The molecule has 2 aliphatic rings. The number of anilines is 1. The number of nitrogens with zero attached hydrogens (tertiary/aromatic N) is 3. The van der Waals surface area contributed by atoms with Crippen molar-refractivity contribution in [1.29, 1.82) is 0 Å². The molecule has 35 heavy (non-hydrogen) atoms. The fourth-order valence-corrected chi connectivity index (χ4v) is 5.04. The minimum atomic E-state index is -1.05. The lowest BCUT2D eigenvalue weighted by molar-refractivity contribution is -0.385. The van der Waals surface area contributed by atoms with Crippen LogP contribution in [0.1, 0.15) is 23.0 Å². The van der Waals surface area contributed by atoms with Crippen molar-refractivity contribution in [3.63, 3.8) is 0 Å². The summed E-state index contributed by atoms with van der Waals surface area (Å²) in [6, 6.07) is 12.1. The van der Waals surface area contributed by atoms with E-state index >= 15 is 0 Å². The van der Waals surface area contributed by atoms with Crippen LogP contribution in [0.4, 0.5) is 11.4 Å². The second-order valence-corrected chi connectivity index (χ2v) is 8.62. The molecule has 0 aliphatic carbocycles. The molecule has 3 amide bonds. The van der Waals surface area contributed by atoms with Gasteiger partial charge in [0, 0.05) is 60.6 Å². The van der Waals surface area contributed by atoms with E-state index < -0.39 is 28.6 Å². The number of piperazine rings is 1. The van der Waals surface area contributed by atoms with E-state index in [1.165, 1.54) is 12.1 Å². The van der Waals surface area contributed by atoms with Crippen molar-refractivity contribution in [3.8, 4) is 0 Å². The number of amides is 3. The zero-order chi connectivity index (χ0) is 24.7. The smallest absolute Gasteiger partial charge is 0.273 e. The number of nitro groups is 1. The van der Waals surface area contributed by atoms with Gasteiger partial charge < -0.3 is 14.8 Å². The molecule has 10 nitrogen and oxygen atoms in total. The monoisotopic (exact) mass is 473 g/mol. The number of H-pyrrole nitrogens is 1. The average molecular weight is 473 g/mol. The molecule has 2 aliphatic heterocycles. The van der Waals surface area contributed by atoms with Crippen LogP contribution in [0, 0.1) is 10.1 Å². The number of para-hydroxylation sites is 1. The van der Waals surface area contributed by atoms with E-state index in [4.69, 9.17) is 0 Å².